The molecular formula is C25H26N4O2. The number of benzene rings is 2. The zero-order chi connectivity index (χ0) is 22.0. The summed E-state index contributed by atoms with van der Waals surface area (Å²) in [6, 6.07) is 17.5. The molecule has 2 aromatic heterocycles. The van der Waals surface area contributed by atoms with Crippen molar-refractivity contribution < 1.29 is 9.53 Å². The number of ether oxygens (including phenoxy) is 1. The number of hydrogen-bond acceptors (Lipinski definition) is 4. The number of aromatic nitrogens is 2. The fourth-order valence-corrected chi connectivity index (χ4v) is 3.86. The summed E-state index contributed by atoms with van der Waals surface area (Å²) in [6.45, 7) is 6.10. The fraction of sp³-hybridized carbons (Fsp3) is 0.200. The molecule has 3 N–H and O–H groups in total. The Hall–Kier alpha value is -3.80. The lowest BCUT2D eigenvalue weighted by Crippen LogP contribution is -2.10. The van der Waals surface area contributed by atoms with Crippen LogP contribution in [0.15, 0.2) is 60.8 Å². The average molecular weight is 415 g/mol. The molecule has 2 aromatic carbocycles. The number of nitrogens with one attached hydrogen (secondary N) is 1. The van der Waals surface area contributed by atoms with Gasteiger partial charge in [-0.1, -0.05) is 32.0 Å². The van der Waals surface area contributed by atoms with Crippen molar-refractivity contribution in [2.45, 2.75) is 33.6 Å². The molecule has 0 aliphatic carbocycles. The van der Waals surface area contributed by atoms with Gasteiger partial charge < -0.3 is 15.8 Å². The summed E-state index contributed by atoms with van der Waals surface area (Å²) in [5.41, 5.74) is 11.8. The third-order valence-electron chi connectivity index (χ3n) is 5.41. The van der Waals surface area contributed by atoms with Gasteiger partial charge in [0.1, 0.15) is 11.5 Å². The quantitative estimate of drug-likeness (QED) is 0.424. The van der Waals surface area contributed by atoms with Crippen LogP contribution in [0.4, 0.5) is 11.4 Å². The molecule has 158 valence electrons. The highest BCUT2D eigenvalue weighted by molar-refractivity contribution is 5.99. The van der Waals surface area contributed by atoms with Crippen LogP contribution in [0.3, 0.4) is 0 Å². The number of amides is 1. The largest absolute Gasteiger partial charge is 0.457 e. The van der Waals surface area contributed by atoms with E-state index >= 15 is 0 Å². The molecule has 0 aliphatic rings. The minimum absolute atomic E-state index is 0.451. The molecule has 4 rings (SSSR count). The summed E-state index contributed by atoms with van der Waals surface area (Å²) in [5, 5.41) is 8.30. The second kappa shape index (κ2) is 8.52. The molecule has 0 spiro atoms. The number of rotatable bonds is 7. The number of primary amides is 1. The lowest BCUT2D eigenvalue weighted by Gasteiger charge is -2.17. The molecule has 6 heteroatoms. The number of carbonyl (C=O) groups excluding carboxylic acids is 1. The minimum Gasteiger partial charge on any atom is -0.457 e. The lowest BCUT2D eigenvalue weighted by atomic mass is 10.0. The Morgan fingerprint density at radius 1 is 1.03 bits per heavy atom. The lowest BCUT2D eigenvalue weighted by molar-refractivity contribution is 0.1000. The topological polar surface area (TPSA) is 81.7 Å². The number of nitrogens with two attached hydrogens (primary N) is 1. The van der Waals surface area contributed by atoms with Gasteiger partial charge in [0.25, 0.3) is 5.91 Å². The van der Waals surface area contributed by atoms with E-state index in [1.165, 1.54) is 0 Å². The van der Waals surface area contributed by atoms with Crippen LogP contribution in [-0.4, -0.2) is 15.5 Å². The van der Waals surface area contributed by atoms with Crippen molar-refractivity contribution in [1.82, 2.24) is 9.61 Å². The Bertz CT molecular complexity index is 1230. The number of fused-ring (bicyclic) bond motifs is 1. The Morgan fingerprint density at radius 2 is 1.71 bits per heavy atom. The van der Waals surface area contributed by atoms with Gasteiger partial charge in [0.15, 0.2) is 0 Å². The van der Waals surface area contributed by atoms with Crippen molar-refractivity contribution in [3.63, 3.8) is 0 Å². The number of carbonyl (C=O) groups is 1. The third-order valence-corrected chi connectivity index (χ3v) is 5.41. The molecule has 0 atom stereocenters. The summed E-state index contributed by atoms with van der Waals surface area (Å²) in [5.74, 6) is 1.10. The summed E-state index contributed by atoms with van der Waals surface area (Å²) in [6.07, 6.45) is 3.33. The van der Waals surface area contributed by atoms with E-state index in [0.29, 0.717) is 5.56 Å². The molecule has 0 radical (unpaired) electrons. The smallest absolute Gasteiger partial charge is 0.250 e. The van der Waals surface area contributed by atoms with E-state index in [9.17, 15) is 4.79 Å². The normalized spacial score (nSPS) is 10.9. The molecule has 4 aromatic rings. The van der Waals surface area contributed by atoms with E-state index in [4.69, 9.17) is 15.6 Å². The Balaban J connectivity index is 1.74. The fourth-order valence-electron chi connectivity index (χ4n) is 3.86. The molecule has 0 fully saturated rings. The first-order valence-corrected chi connectivity index (χ1v) is 10.4. The Kier molecular flexibility index (Phi) is 5.62. The van der Waals surface area contributed by atoms with Gasteiger partial charge in [-0.05, 0) is 61.7 Å². The molecule has 0 aliphatic heterocycles. The zero-order valence-corrected chi connectivity index (χ0v) is 18.0. The van der Waals surface area contributed by atoms with Crippen molar-refractivity contribution in [3.8, 4) is 11.5 Å². The van der Waals surface area contributed by atoms with Crippen LogP contribution in [0.2, 0.25) is 0 Å². The number of anilines is 2. The van der Waals surface area contributed by atoms with E-state index < -0.39 is 5.91 Å². The maximum Gasteiger partial charge on any atom is 0.250 e. The zero-order valence-electron chi connectivity index (χ0n) is 18.0. The van der Waals surface area contributed by atoms with Crippen molar-refractivity contribution in [1.29, 1.82) is 0 Å². The van der Waals surface area contributed by atoms with Gasteiger partial charge in [-0.15, -0.1) is 0 Å². The standard InChI is InChI=1S/C25H26N4O2/c1-4-20-22(5-2)28-29-15-21(25(26)30)16(3)24(29)23(20)27-17-11-13-19(14-12-17)31-18-9-7-6-8-10-18/h6-15,27H,4-5H2,1-3H3,(H2,26,30). The van der Waals surface area contributed by atoms with Crippen molar-refractivity contribution >= 4 is 22.8 Å². The van der Waals surface area contributed by atoms with Crippen molar-refractivity contribution in [2.24, 2.45) is 5.73 Å². The Labute approximate surface area is 181 Å². The maximum atomic E-state index is 11.9. The highest BCUT2D eigenvalue weighted by atomic mass is 16.5. The van der Waals surface area contributed by atoms with E-state index in [0.717, 1.165) is 58.1 Å². The van der Waals surface area contributed by atoms with Crippen LogP contribution in [0, 0.1) is 6.92 Å². The van der Waals surface area contributed by atoms with Crippen LogP contribution in [0.5, 0.6) is 11.5 Å². The SMILES string of the molecule is CCc1nn2cc(C(N)=O)c(C)c2c(Nc2ccc(Oc3ccccc3)cc2)c1CC. The second-order valence-corrected chi connectivity index (χ2v) is 7.40. The summed E-state index contributed by atoms with van der Waals surface area (Å²) in [7, 11) is 0. The van der Waals surface area contributed by atoms with Gasteiger partial charge in [0, 0.05) is 17.4 Å². The third kappa shape index (κ3) is 3.97. The molecule has 31 heavy (non-hydrogen) atoms. The summed E-state index contributed by atoms with van der Waals surface area (Å²) < 4.78 is 7.66. The highest BCUT2D eigenvalue weighted by Crippen LogP contribution is 2.33. The number of para-hydroxylation sites is 1. The van der Waals surface area contributed by atoms with Crippen LogP contribution in [0.1, 0.15) is 41.0 Å². The first kappa shape index (κ1) is 20.5. The predicted octanol–water partition coefficient (Wildman–Crippen LogP) is 5.40. The average Bonchev–Trinajstić information content (AvgIpc) is 3.12. The molecule has 6 nitrogen and oxygen atoms in total. The van der Waals surface area contributed by atoms with Gasteiger partial charge in [0.2, 0.25) is 0 Å². The highest BCUT2D eigenvalue weighted by Gasteiger charge is 2.20. The monoisotopic (exact) mass is 414 g/mol. The summed E-state index contributed by atoms with van der Waals surface area (Å²) in [4.78, 5) is 11.9. The van der Waals surface area contributed by atoms with Gasteiger partial charge in [-0.3, -0.25) is 4.79 Å². The molecule has 1 amide bonds. The molecule has 0 saturated heterocycles. The number of aryl methyl sites for hydroxylation is 2. The van der Waals surface area contributed by atoms with Crippen molar-refractivity contribution in [3.05, 3.63) is 83.2 Å². The van der Waals surface area contributed by atoms with E-state index in [1.54, 1.807) is 10.7 Å². The first-order valence-electron chi connectivity index (χ1n) is 10.4. The van der Waals surface area contributed by atoms with E-state index in [2.05, 4.69) is 19.2 Å². The Morgan fingerprint density at radius 3 is 2.32 bits per heavy atom. The van der Waals surface area contributed by atoms with Gasteiger partial charge >= 0.3 is 0 Å². The number of hydrogen-bond donors (Lipinski definition) is 2. The van der Waals surface area contributed by atoms with Gasteiger partial charge in [-0.25, -0.2) is 4.52 Å². The molecule has 0 saturated carbocycles. The summed E-state index contributed by atoms with van der Waals surface area (Å²) >= 11 is 0. The minimum atomic E-state index is -0.451. The van der Waals surface area contributed by atoms with E-state index in [-0.39, 0.29) is 0 Å². The van der Waals surface area contributed by atoms with Crippen LogP contribution >= 0.6 is 0 Å². The second-order valence-electron chi connectivity index (χ2n) is 7.40. The molecule has 2 heterocycles. The maximum absolute atomic E-state index is 11.9. The van der Waals surface area contributed by atoms with Gasteiger partial charge in [-0.2, -0.15) is 5.10 Å². The number of nitrogens with zero attached hydrogens (tertiary/aromatic N) is 2. The predicted molar refractivity (Wildman–Crippen MR) is 123 cm³/mol. The van der Waals surface area contributed by atoms with E-state index in [1.807, 2.05) is 61.5 Å². The van der Waals surface area contributed by atoms with Crippen molar-refractivity contribution in [2.75, 3.05) is 5.32 Å². The van der Waals surface area contributed by atoms with Crippen LogP contribution in [-0.2, 0) is 12.8 Å². The van der Waals surface area contributed by atoms with Crippen LogP contribution < -0.4 is 15.8 Å². The molecular weight excluding hydrogens is 388 g/mol. The molecule has 0 bridgehead atoms. The van der Waals surface area contributed by atoms with Crippen LogP contribution in [0.25, 0.3) is 5.52 Å². The molecule has 0 unspecified atom stereocenters. The first-order chi connectivity index (χ1) is 15.0. The van der Waals surface area contributed by atoms with Gasteiger partial charge in [0.05, 0.1) is 22.5 Å².